The van der Waals surface area contributed by atoms with Crippen LogP contribution in [0.3, 0.4) is 0 Å². The molecule has 8 rings (SSSR count). The monoisotopic (exact) mass is 567 g/mol. The summed E-state index contributed by atoms with van der Waals surface area (Å²) in [5.41, 5.74) is 7.59. The number of H-pyrrole nitrogens is 1. The van der Waals surface area contributed by atoms with Gasteiger partial charge in [0.15, 0.2) is 0 Å². The van der Waals surface area contributed by atoms with E-state index in [1.54, 1.807) is 0 Å². The minimum Gasteiger partial charge on any atom is -0.456 e. The molecule has 1 aliphatic rings. The van der Waals surface area contributed by atoms with Gasteiger partial charge >= 0.3 is 0 Å². The van der Waals surface area contributed by atoms with Crippen molar-refractivity contribution >= 4 is 44.0 Å². The highest BCUT2D eigenvalue weighted by Crippen LogP contribution is 2.34. The van der Waals surface area contributed by atoms with Crippen molar-refractivity contribution in [2.75, 3.05) is 19.6 Å². The lowest BCUT2D eigenvalue weighted by Crippen LogP contribution is -2.31. The summed E-state index contributed by atoms with van der Waals surface area (Å²) in [7, 11) is 0. The smallest absolute Gasteiger partial charge is 0.270 e. The zero-order valence-corrected chi connectivity index (χ0v) is 24.1. The molecule has 1 aliphatic heterocycles. The molecule has 43 heavy (non-hydrogen) atoms. The van der Waals surface area contributed by atoms with E-state index in [-0.39, 0.29) is 5.56 Å². The number of rotatable bonds is 7. The molecule has 214 valence electrons. The fourth-order valence-electron chi connectivity index (χ4n) is 6.60. The Labute approximate surface area is 248 Å². The maximum atomic E-state index is 13.0. The number of hydrogen-bond acceptors (Lipinski definition) is 5. The van der Waals surface area contributed by atoms with Crippen molar-refractivity contribution in [2.24, 2.45) is 0 Å². The summed E-state index contributed by atoms with van der Waals surface area (Å²) in [5.74, 6) is 0.919. The third-order valence-corrected chi connectivity index (χ3v) is 8.79. The molecule has 0 spiro atoms. The number of furan rings is 1. The van der Waals surface area contributed by atoms with Gasteiger partial charge in [-0.05, 0) is 80.9 Å². The lowest BCUT2D eigenvalue weighted by molar-refractivity contribution is 0.223. The minimum absolute atomic E-state index is 0.158. The summed E-state index contributed by atoms with van der Waals surface area (Å²) >= 11 is 0. The highest BCUT2D eigenvalue weighted by atomic mass is 16.3. The van der Waals surface area contributed by atoms with E-state index in [1.807, 2.05) is 60.7 Å². The van der Waals surface area contributed by atoms with Crippen molar-refractivity contribution in [3.05, 3.63) is 107 Å². The van der Waals surface area contributed by atoms with Crippen LogP contribution in [0.5, 0.6) is 0 Å². The van der Waals surface area contributed by atoms with Crippen molar-refractivity contribution in [1.29, 1.82) is 0 Å². The van der Waals surface area contributed by atoms with Crippen LogP contribution in [0, 0.1) is 0 Å². The average molecular weight is 568 g/mol. The first-order valence-electron chi connectivity index (χ1n) is 15.3. The zero-order valence-electron chi connectivity index (χ0n) is 24.1. The Balaban J connectivity index is 1.24. The Morgan fingerprint density at radius 2 is 1.58 bits per heavy atom. The number of piperidine rings is 1. The maximum absolute atomic E-state index is 13.0. The second kappa shape index (κ2) is 10.8. The number of nitrogens with zero attached hydrogens (tertiary/aromatic N) is 4. The van der Waals surface area contributed by atoms with Gasteiger partial charge in [0.2, 0.25) is 0 Å². The standard InChI is InChI=1S/C36H33N5O2/c42-36-31(20-24-10-3-1-4-11-24)37-29-23-32-30(22-28(29)39-36)38-35(41(32)19-9-18-40-16-7-2-8-17-40)25-14-15-34-27(21-25)26-12-5-6-13-33(26)43-34/h1,3-6,10-15,21-23H,2,7-9,16-20H2,(H,39,42). The van der Waals surface area contributed by atoms with Crippen LogP contribution in [0.25, 0.3) is 55.4 Å². The first kappa shape index (κ1) is 25.9. The van der Waals surface area contributed by atoms with Crippen LogP contribution in [0.15, 0.2) is 94.1 Å². The van der Waals surface area contributed by atoms with E-state index in [0.717, 1.165) is 75.0 Å². The molecule has 0 radical (unpaired) electrons. The molecule has 7 heteroatoms. The highest BCUT2D eigenvalue weighted by molar-refractivity contribution is 6.06. The number of fused-ring (bicyclic) bond motifs is 5. The van der Waals surface area contributed by atoms with Crippen LogP contribution >= 0.6 is 0 Å². The van der Waals surface area contributed by atoms with E-state index >= 15 is 0 Å². The van der Waals surface area contributed by atoms with Gasteiger partial charge in [-0.25, -0.2) is 9.97 Å². The van der Waals surface area contributed by atoms with Crippen LogP contribution in [-0.4, -0.2) is 44.1 Å². The predicted molar refractivity (Wildman–Crippen MR) is 173 cm³/mol. The number of aromatic nitrogens is 4. The van der Waals surface area contributed by atoms with Crippen LogP contribution in [0.4, 0.5) is 0 Å². The van der Waals surface area contributed by atoms with E-state index in [0.29, 0.717) is 17.6 Å². The summed E-state index contributed by atoms with van der Waals surface area (Å²) in [6.07, 6.45) is 5.44. The minimum atomic E-state index is -0.158. The summed E-state index contributed by atoms with van der Waals surface area (Å²) in [6, 6.07) is 28.6. The molecule has 0 aliphatic carbocycles. The van der Waals surface area contributed by atoms with Crippen molar-refractivity contribution in [3.63, 3.8) is 0 Å². The summed E-state index contributed by atoms with van der Waals surface area (Å²) in [6.45, 7) is 4.30. The van der Waals surface area contributed by atoms with Gasteiger partial charge in [-0.3, -0.25) is 4.79 Å². The van der Waals surface area contributed by atoms with Crippen molar-refractivity contribution in [3.8, 4) is 11.4 Å². The quantitative estimate of drug-likeness (QED) is 0.219. The largest absolute Gasteiger partial charge is 0.456 e. The molecule has 0 saturated carbocycles. The number of para-hydroxylation sites is 1. The topological polar surface area (TPSA) is 80.0 Å². The molecular weight excluding hydrogens is 534 g/mol. The van der Waals surface area contributed by atoms with E-state index in [9.17, 15) is 4.79 Å². The van der Waals surface area contributed by atoms with Crippen molar-refractivity contribution in [1.82, 2.24) is 24.4 Å². The zero-order chi connectivity index (χ0) is 28.8. The first-order valence-corrected chi connectivity index (χ1v) is 15.3. The molecule has 1 fully saturated rings. The normalized spacial score (nSPS) is 14.4. The van der Waals surface area contributed by atoms with Crippen molar-refractivity contribution in [2.45, 2.75) is 38.6 Å². The third-order valence-electron chi connectivity index (χ3n) is 8.79. The Hall–Kier alpha value is -4.75. The number of likely N-dealkylation sites (tertiary alicyclic amines) is 1. The second-order valence-corrected chi connectivity index (χ2v) is 11.7. The number of hydrogen-bond donors (Lipinski definition) is 1. The average Bonchev–Trinajstić information content (AvgIpc) is 3.59. The van der Waals surface area contributed by atoms with Gasteiger partial charge in [0.1, 0.15) is 22.7 Å². The molecule has 0 amide bonds. The molecule has 7 aromatic rings. The van der Waals surface area contributed by atoms with Gasteiger partial charge in [0.05, 0.1) is 22.1 Å². The Morgan fingerprint density at radius 1 is 0.767 bits per heavy atom. The van der Waals surface area contributed by atoms with E-state index in [1.165, 1.54) is 32.4 Å². The molecule has 4 aromatic carbocycles. The van der Waals surface area contributed by atoms with Crippen LogP contribution in [0.1, 0.15) is 36.9 Å². The molecule has 0 atom stereocenters. The molecule has 7 nitrogen and oxygen atoms in total. The molecule has 4 heterocycles. The predicted octanol–water partition coefficient (Wildman–Crippen LogP) is 7.31. The highest BCUT2D eigenvalue weighted by Gasteiger charge is 2.18. The summed E-state index contributed by atoms with van der Waals surface area (Å²) in [4.78, 5) is 28.7. The van der Waals surface area contributed by atoms with Crippen LogP contribution in [0.2, 0.25) is 0 Å². The molecule has 0 bridgehead atoms. The Bertz CT molecular complexity index is 2150. The van der Waals surface area contributed by atoms with Gasteiger partial charge in [0.25, 0.3) is 5.56 Å². The maximum Gasteiger partial charge on any atom is 0.270 e. The molecular formula is C36H33N5O2. The van der Waals surface area contributed by atoms with Crippen LogP contribution in [-0.2, 0) is 13.0 Å². The number of aromatic amines is 1. The van der Waals surface area contributed by atoms with Gasteiger partial charge < -0.3 is 18.9 Å². The van der Waals surface area contributed by atoms with E-state index < -0.39 is 0 Å². The van der Waals surface area contributed by atoms with E-state index in [2.05, 4.69) is 38.7 Å². The fraction of sp³-hybridized carbons (Fsp3) is 0.250. The number of imidazole rings is 1. The van der Waals surface area contributed by atoms with Crippen molar-refractivity contribution < 1.29 is 4.42 Å². The number of aryl methyl sites for hydroxylation is 1. The molecule has 1 saturated heterocycles. The first-order chi connectivity index (χ1) is 21.2. The number of nitrogens with one attached hydrogen (secondary N) is 1. The number of benzene rings is 4. The van der Waals surface area contributed by atoms with E-state index in [4.69, 9.17) is 14.4 Å². The lowest BCUT2D eigenvalue weighted by Gasteiger charge is -2.26. The molecule has 0 unspecified atom stereocenters. The van der Waals surface area contributed by atoms with Gasteiger partial charge in [-0.15, -0.1) is 0 Å². The third kappa shape index (κ3) is 4.89. The summed E-state index contributed by atoms with van der Waals surface area (Å²) in [5, 5.41) is 2.19. The summed E-state index contributed by atoms with van der Waals surface area (Å²) < 4.78 is 8.45. The SMILES string of the molecule is O=c1[nH]c2cc3nc(-c4ccc5oc6ccccc6c5c4)n(CCCN4CCCCC4)c3cc2nc1Cc1ccccc1. The fourth-order valence-corrected chi connectivity index (χ4v) is 6.60. The molecule has 1 N–H and O–H groups in total. The van der Waals surface area contributed by atoms with Gasteiger partial charge in [-0.2, -0.15) is 0 Å². The lowest BCUT2D eigenvalue weighted by atomic mass is 10.1. The molecule has 3 aromatic heterocycles. The van der Waals surface area contributed by atoms with Gasteiger partial charge in [-0.1, -0.05) is 55.0 Å². The second-order valence-electron chi connectivity index (χ2n) is 11.7. The van der Waals surface area contributed by atoms with Crippen LogP contribution < -0.4 is 5.56 Å². The van der Waals surface area contributed by atoms with Gasteiger partial charge in [0, 0.05) is 29.3 Å². The Kier molecular flexibility index (Phi) is 6.52. The Morgan fingerprint density at radius 3 is 2.47 bits per heavy atom.